The van der Waals surface area contributed by atoms with E-state index in [1.807, 2.05) is 60.8 Å². The lowest BCUT2D eigenvalue weighted by Crippen LogP contribution is -2.27. The van der Waals surface area contributed by atoms with E-state index in [1.165, 1.54) is 23.1 Å². The summed E-state index contributed by atoms with van der Waals surface area (Å²) in [5, 5.41) is 16.6. The lowest BCUT2D eigenvalue weighted by atomic mass is 10.3. The van der Waals surface area contributed by atoms with Crippen LogP contribution in [0.4, 0.5) is 10.8 Å². The molecule has 32 heavy (non-hydrogen) atoms. The van der Waals surface area contributed by atoms with Crippen LogP contribution >= 0.6 is 23.1 Å². The Labute approximate surface area is 194 Å². The number of carbonyl (C=O) groups excluding carboxylic acids is 1. The number of hydrogen-bond acceptors (Lipinski definition) is 8. The molecule has 0 spiro atoms. The van der Waals surface area contributed by atoms with E-state index in [0.29, 0.717) is 17.4 Å². The number of carbonyl (C=O) groups is 1. The van der Waals surface area contributed by atoms with Crippen LogP contribution in [0.5, 0.6) is 5.75 Å². The second-order valence-corrected chi connectivity index (χ2v) is 9.09. The number of anilines is 2. The van der Waals surface area contributed by atoms with Gasteiger partial charge >= 0.3 is 0 Å². The standard InChI is InChI=1S/C22H22N6O2S2/c1-27(13-16-12-23-28(14-16)18-6-4-3-5-7-18)20(29)15-31-22-26-25-21(32-22)24-17-8-10-19(30-2)11-9-17/h3-12,14H,13,15H2,1-2H3,(H,24,25). The highest BCUT2D eigenvalue weighted by Crippen LogP contribution is 2.28. The summed E-state index contributed by atoms with van der Waals surface area (Å²) in [6.45, 7) is 0.493. The van der Waals surface area contributed by atoms with Crippen LogP contribution in [-0.4, -0.2) is 50.7 Å². The Morgan fingerprint density at radius 3 is 2.69 bits per heavy atom. The number of benzene rings is 2. The highest BCUT2D eigenvalue weighted by Gasteiger charge is 2.13. The van der Waals surface area contributed by atoms with E-state index < -0.39 is 0 Å². The van der Waals surface area contributed by atoms with Crippen LogP contribution in [0.2, 0.25) is 0 Å². The van der Waals surface area contributed by atoms with Gasteiger partial charge in [-0.15, -0.1) is 10.2 Å². The van der Waals surface area contributed by atoms with E-state index in [9.17, 15) is 4.79 Å². The van der Waals surface area contributed by atoms with E-state index in [1.54, 1.807) is 29.9 Å². The molecule has 10 heteroatoms. The Balaban J connectivity index is 1.27. The van der Waals surface area contributed by atoms with Gasteiger partial charge in [-0.1, -0.05) is 41.3 Å². The minimum Gasteiger partial charge on any atom is -0.497 e. The minimum absolute atomic E-state index is 0.0160. The first kappa shape index (κ1) is 21.8. The van der Waals surface area contributed by atoms with Crippen LogP contribution in [0.25, 0.3) is 5.69 Å². The van der Waals surface area contributed by atoms with Gasteiger partial charge in [0.05, 0.1) is 24.7 Å². The Morgan fingerprint density at radius 2 is 1.94 bits per heavy atom. The first-order chi connectivity index (χ1) is 15.6. The molecule has 0 saturated carbocycles. The van der Waals surface area contributed by atoms with Gasteiger partial charge in [0.2, 0.25) is 11.0 Å². The Kier molecular flexibility index (Phi) is 7.03. The fourth-order valence-electron chi connectivity index (χ4n) is 2.88. The Bertz CT molecular complexity index is 1160. The number of aromatic nitrogens is 4. The fraction of sp³-hybridized carbons (Fsp3) is 0.182. The van der Waals surface area contributed by atoms with Gasteiger partial charge in [-0.25, -0.2) is 4.68 Å². The number of para-hydroxylation sites is 1. The van der Waals surface area contributed by atoms with Crippen molar-refractivity contribution in [3.63, 3.8) is 0 Å². The first-order valence-electron chi connectivity index (χ1n) is 9.81. The number of hydrogen-bond donors (Lipinski definition) is 1. The van der Waals surface area contributed by atoms with Crippen LogP contribution in [0.3, 0.4) is 0 Å². The maximum atomic E-state index is 12.6. The molecule has 4 rings (SSSR count). The summed E-state index contributed by atoms with van der Waals surface area (Å²) in [4.78, 5) is 14.3. The zero-order chi connectivity index (χ0) is 22.3. The molecule has 2 heterocycles. The lowest BCUT2D eigenvalue weighted by molar-refractivity contribution is -0.127. The summed E-state index contributed by atoms with van der Waals surface area (Å²) in [5.41, 5.74) is 2.85. The van der Waals surface area contributed by atoms with E-state index >= 15 is 0 Å². The summed E-state index contributed by atoms with van der Waals surface area (Å²) in [6, 6.07) is 17.4. The molecule has 0 saturated heterocycles. The van der Waals surface area contributed by atoms with Gasteiger partial charge in [0.15, 0.2) is 4.34 Å². The monoisotopic (exact) mass is 466 g/mol. The molecular formula is C22H22N6O2S2. The van der Waals surface area contributed by atoms with Crippen molar-refractivity contribution in [3.05, 3.63) is 72.6 Å². The van der Waals surface area contributed by atoms with Gasteiger partial charge in [-0.2, -0.15) is 5.10 Å². The minimum atomic E-state index is 0.0160. The molecule has 0 aliphatic carbocycles. The van der Waals surface area contributed by atoms with E-state index in [4.69, 9.17) is 4.74 Å². The molecule has 4 aromatic rings. The largest absolute Gasteiger partial charge is 0.497 e. The van der Waals surface area contributed by atoms with Crippen LogP contribution in [0, 0.1) is 0 Å². The number of amides is 1. The molecule has 0 fully saturated rings. The highest BCUT2D eigenvalue weighted by atomic mass is 32.2. The van der Waals surface area contributed by atoms with Gasteiger partial charge in [0, 0.05) is 31.0 Å². The van der Waals surface area contributed by atoms with Gasteiger partial charge in [0.1, 0.15) is 5.75 Å². The third-order valence-electron chi connectivity index (χ3n) is 4.57. The maximum absolute atomic E-state index is 12.6. The molecule has 1 amide bonds. The molecule has 0 bridgehead atoms. The Hall–Kier alpha value is -3.37. The van der Waals surface area contributed by atoms with Crippen molar-refractivity contribution in [3.8, 4) is 11.4 Å². The number of nitrogens with one attached hydrogen (secondary N) is 1. The molecule has 164 valence electrons. The van der Waals surface area contributed by atoms with E-state index in [-0.39, 0.29) is 5.91 Å². The van der Waals surface area contributed by atoms with Gasteiger partial charge in [0.25, 0.3) is 0 Å². The smallest absolute Gasteiger partial charge is 0.233 e. The lowest BCUT2D eigenvalue weighted by Gasteiger charge is -2.15. The van der Waals surface area contributed by atoms with Crippen molar-refractivity contribution in [1.29, 1.82) is 0 Å². The molecule has 0 aliphatic rings. The summed E-state index contributed by atoms with van der Waals surface area (Å²) in [7, 11) is 3.42. The van der Waals surface area contributed by atoms with Crippen molar-refractivity contribution in [2.45, 2.75) is 10.9 Å². The quantitative estimate of drug-likeness (QED) is 0.370. The normalized spacial score (nSPS) is 10.7. The second kappa shape index (κ2) is 10.3. The Morgan fingerprint density at radius 1 is 1.16 bits per heavy atom. The van der Waals surface area contributed by atoms with Crippen LogP contribution in [0.1, 0.15) is 5.56 Å². The molecule has 2 aromatic heterocycles. The topological polar surface area (TPSA) is 85.2 Å². The van der Waals surface area contributed by atoms with Crippen molar-refractivity contribution >= 4 is 39.8 Å². The summed E-state index contributed by atoms with van der Waals surface area (Å²) in [6.07, 6.45) is 3.72. The van der Waals surface area contributed by atoms with E-state index in [0.717, 1.165) is 27.0 Å². The molecule has 2 aromatic carbocycles. The number of methoxy groups -OCH3 is 1. The predicted octanol–water partition coefficient (Wildman–Crippen LogP) is 4.23. The summed E-state index contributed by atoms with van der Waals surface area (Å²) >= 11 is 2.79. The zero-order valence-electron chi connectivity index (χ0n) is 17.6. The molecule has 0 radical (unpaired) electrons. The van der Waals surface area contributed by atoms with E-state index in [2.05, 4.69) is 20.6 Å². The van der Waals surface area contributed by atoms with Crippen LogP contribution < -0.4 is 10.1 Å². The molecule has 8 nitrogen and oxygen atoms in total. The molecule has 1 N–H and O–H groups in total. The number of thioether (sulfide) groups is 1. The average Bonchev–Trinajstić information content (AvgIpc) is 3.48. The molecule has 0 unspecified atom stereocenters. The van der Waals surface area contributed by atoms with Gasteiger partial charge in [-0.05, 0) is 36.4 Å². The SMILES string of the molecule is COc1ccc(Nc2nnc(SCC(=O)N(C)Cc3cnn(-c4ccccc4)c3)s2)cc1. The van der Waals surface area contributed by atoms with Crippen LogP contribution in [0.15, 0.2) is 71.3 Å². The molecular weight excluding hydrogens is 444 g/mol. The third kappa shape index (κ3) is 5.65. The number of nitrogens with zero attached hydrogens (tertiary/aromatic N) is 5. The second-order valence-electron chi connectivity index (χ2n) is 6.89. The third-order valence-corrected chi connectivity index (χ3v) is 6.53. The zero-order valence-corrected chi connectivity index (χ0v) is 19.3. The van der Waals surface area contributed by atoms with Crippen LogP contribution in [-0.2, 0) is 11.3 Å². The van der Waals surface area contributed by atoms with Gasteiger partial charge in [-0.3, -0.25) is 4.79 Å². The molecule has 0 aliphatic heterocycles. The van der Waals surface area contributed by atoms with Crippen molar-refractivity contribution < 1.29 is 9.53 Å². The summed E-state index contributed by atoms with van der Waals surface area (Å²) in [5.74, 6) is 1.10. The first-order valence-corrected chi connectivity index (χ1v) is 11.6. The fourth-order valence-corrected chi connectivity index (χ4v) is 4.59. The maximum Gasteiger partial charge on any atom is 0.233 e. The van der Waals surface area contributed by atoms with Crippen molar-refractivity contribution in [1.82, 2.24) is 24.9 Å². The number of ether oxygens (including phenoxy) is 1. The van der Waals surface area contributed by atoms with Gasteiger partial charge < -0.3 is 15.0 Å². The summed E-state index contributed by atoms with van der Waals surface area (Å²) < 4.78 is 7.70. The number of rotatable bonds is 9. The molecule has 0 atom stereocenters. The highest BCUT2D eigenvalue weighted by molar-refractivity contribution is 8.01. The average molecular weight is 467 g/mol. The van der Waals surface area contributed by atoms with Crippen molar-refractivity contribution in [2.75, 3.05) is 25.2 Å². The predicted molar refractivity (Wildman–Crippen MR) is 127 cm³/mol. The van der Waals surface area contributed by atoms with Crippen molar-refractivity contribution in [2.24, 2.45) is 0 Å².